The minimum atomic E-state index is -1.07. The van der Waals surface area contributed by atoms with Gasteiger partial charge in [-0.05, 0) is 32.1 Å². The Balaban J connectivity index is 4.43. The van der Waals surface area contributed by atoms with Crippen LogP contribution in [0.25, 0.3) is 0 Å². The van der Waals surface area contributed by atoms with Crippen molar-refractivity contribution in [3.05, 3.63) is 12.2 Å². The Morgan fingerprint density at radius 3 is 1.28 bits per heavy atom. The van der Waals surface area contributed by atoms with Gasteiger partial charge < -0.3 is 24.6 Å². The van der Waals surface area contributed by atoms with E-state index in [9.17, 15) is 29.7 Å². The Hall–Kier alpha value is -1.89. The van der Waals surface area contributed by atoms with Crippen molar-refractivity contribution in [2.24, 2.45) is 17.8 Å². The first-order valence-electron chi connectivity index (χ1n) is 17.7. The zero-order chi connectivity index (χ0) is 32.3. The molecule has 0 aromatic carbocycles. The number of aliphatic carboxylic acids is 3. The van der Waals surface area contributed by atoms with Gasteiger partial charge in [0.25, 0.3) is 0 Å². The highest BCUT2D eigenvalue weighted by Gasteiger charge is 2.30. The molecular formula is C36H67NO6. The van der Waals surface area contributed by atoms with Crippen LogP contribution in [-0.4, -0.2) is 58.8 Å². The van der Waals surface area contributed by atoms with Crippen molar-refractivity contribution in [3.8, 4) is 0 Å². The molecule has 7 nitrogen and oxygen atoms in total. The second-order valence-corrected chi connectivity index (χ2v) is 13.3. The van der Waals surface area contributed by atoms with E-state index in [1.54, 1.807) is 20.8 Å². The van der Waals surface area contributed by atoms with Gasteiger partial charge in [0.15, 0.2) is 0 Å². The Morgan fingerprint density at radius 1 is 0.558 bits per heavy atom. The van der Waals surface area contributed by atoms with E-state index in [0.717, 1.165) is 19.4 Å². The Kier molecular flexibility index (Phi) is 25.3. The van der Waals surface area contributed by atoms with Gasteiger partial charge in [-0.25, -0.2) is 0 Å². The van der Waals surface area contributed by atoms with Crippen LogP contribution in [0.4, 0.5) is 0 Å². The van der Waals surface area contributed by atoms with Crippen LogP contribution in [0.15, 0.2) is 12.2 Å². The predicted molar refractivity (Wildman–Crippen MR) is 175 cm³/mol. The molecule has 7 heteroatoms. The molecule has 3 unspecified atom stereocenters. The maximum absolute atomic E-state index is 11.5. The smallest absolute Gasteiger partial charge is 0.306 e. The van der Waals surface area contributed by atoms with Gasteiger partial charge in [-0.2, -0.15) is 0 Å². The topological polar surface area (TPSA) is 115 Å². The van der Waals surface area contributed by atoms with Gasteiger partial charge in [0.05, 0.1) is 38.0 Å². The first-order valence-corrected chi connectivity index (χ1v) is 17.7. The fraction of sp³-hybridized carbons (Fsp3) is 0.861. The highest BCUT2D eigenvalue weighted by atomic mass is 16.4. The van der Waals surface area contributed by atoms with Gasteiger partial charge in [-0.1, -0.05) is 117 Å². The number of unbranched alkanes of at least 4 members (excludes halogenated alkanes) is 15. The maximum Gasteiger partial charge on any atom is 0.306 e. The minimum Gasteiger partial charge on any atom is -0.550 e. The molecule has 0 rings (SSSR count). The first kappa shape index (κ1) is 41.1. The third-order valence-electron chi connectivity index (χ3n) is 9.23. The molecule has 0 heterocycles. The van der Waals surface area contributed by atoms with Gasteiger partial charge in [0.1, 0.15) is 0 Å². The van der Waals surface area contributed by atoms with Crippen LogP contribution in [0.3, 0.4) is 0 Å². The fourth-order valence-electron chi connectivity index (χ4n) is 5.67. The van der Waals surface area contributed by atoms with Crippen LogP contribution < -0.4 is 5.11 Å². The van der Waals surface area contributed by atoms with Crippen LogP contribution in [0.2, 0.25) is 0 Å². The van der Waals surface area contributed by atoms with Crippen LogP contribution in [0.5, 0.6) is 0 Å². The number of carboxylic acids is 3. The van der Waals surface area contributed by atoms with E-state index in [1.807, 2.05) is 0 Å². The van der Waals surface area contributed by atoms with E-state index in [1.165, 1.54) is 96.3 Å². The van der Waals surface area contributed by atoms with E-state index in [-0.39, 0.29) is 0 Å². The molecule has 2 N–H and O–H groups in total. The molecule has 0 aromatic rings. The summed E-state index contributed by atoms with van der Waals surface area (Å²) in [6.45, 7) is 9.95. The lowest BCUT2D eigenvalue weighted by atomic mass is 10.0. The van der Waals surface area contributed by atoms with Crippen molar-refractivity contribution < 1.29 is 34.2 Å². The number of carboxylic acid groups (broad SMARTS) is 3. The van der Waals surface area contributed by atoms with Crippen molar-refractivity contribution in [1.29, 1.82) is 0 Å². The highest BCUT2D eigenvalue weighted by Crippen LogP contribution is 2.22. The number of rotatable bonds is 31. The maximum atomic E-state index is 11.5. The number of hydrogen-bond donors (Lipinski definition) is 2. The quantitative estimate of drug-likeness (QED) is 0.0467. The normalized spacial score (nSPS) is 15.3. The van der Waals surface area contributed by atoms with E-state index < -0.39 is 35.7 Å². The molecule has 0 aliphatic heterocycles. The summed E-state index contributed by atoms with van der Waals surface area (Å²) in [6.07, 6.45) is 27.6. The number of carbonyl (C=O) groups excluding carboxylic acids is 1. The summed E-state index contributed by atoms with van der Waals surface area (Å²) in [5.41, 5.74) is 0. The molecule has 0 amide bonds. The number of allylic oxidation sites excluding steroid dienone is 2. The van der Waals surface area contributed by atoms with Crippen molar-refractivity contribution in [1.82, 2.24) is 0 Å². The van der Waals surface area contributed by atoms with Gasteiger partial charge in [0, 0.05) is 31.1 Å². The summed E-state index contributed by atoms with van der Waals surface area (Å²) in [7, 11) is 0. The summed E-state index contributed by atoms with van der Waals surface area (Å²) >= 11 is 0. The molecule has 0 aliphatic rings. The number of carbonyl (C=O) groups is 3. The highest BCUT2D eigenvalue weighted by molar-refractivity contribution is 5.69. The largest absolute Gasteiger partial charge is 0.550 e. The molecule has 0 fully saturated rings. The third-order valence-corrected chi connectivity index (χ3v) is 9.23. The molecule has 43 heavy (non-hydrogen) atoms. The monoisotopic (exact) mass is 609 g/mol. The predicted octanol–water partition coefficient (Wildman–Crippen LogP) is 8.01. The van der Waals surface area contributed by atoms with Gasteiger partial charge >= 0.3 is 11.9 Å². The van der Waals surface area contributed by atoms with Crippen molar-refractivity contribution in [2.75, 3.05) is 26.2 Å². The van der Waals surface area contributed by atoms with Crippen LogP contribution in [-0.2, 0) is 14.4 Å². The summed E-state index contributed by atoms with van der Waals surface area (Å²) in [4.78, 5) is 34.4. The van der Waals surface area contributed by atoms with Crippen LogP contribution in [0, 0.1) is 17.8 Å². The van der Waals surface area contributed by atoms with E-state index in [4.69, 9.17) is 0 Å². The molecular weight excluding hydrogens is 542 g/mol. The molecule has 0 radical (unpaired) electrons. The van der Waals surface area contributed by atoms with Crippen LogP contribution >= 0.6 is 0 Å². The lowest BCUT2D eigenvalue weighted by Gasteiger charge is -2.41. The summed E-state index contributed by atoms with van der Waals surface area (Å²) in [5, 5.41) is 30.3. The molecule has 3 atom stereocenters. The molecule has 0 saturated carbocycles. The Labute approximate surface area is 264 Å². The zero-order valence-electron chi connectivity index (χ0n) is 28.3. The Morgan fingerprint density at radius 2 is 0.907 bits per heavy atom. The standard InChI is InChI=1S/C36H67NO6/c1-5-6-7-8-9-10-11-12-13-14-15-16-17-18-19-20-21-22-23-27-37(28-24-31(2)34(38)39,29-25-32(3)35(40)41)30-26-33(4)36(42)43/h7-8,31-33H,5-6,9-30H2,1-4H3,(H2-,38,39,40,41,42,43)/b8-7+. The summed E-state index contributed by atoms with van der Waals surface area (Å²) in [5.74, 6) is -4.30. The molecule has 0 saturated heterocycles. The molecule has 0 aromatic heterocycles. The van der Waals surface area contributed by atoms with Crippen molar-refractivity contribution >= 4 is 17.9 Å². The second-order valence-electron chi connectivity index (χ2n) is 13.3. The van der Waals surface area contributed by atoms with Crippen molar-refractivity contribution in [2.45, 2.75) is 156 Å². The van der Waals surface area contributed by atoms with Gasteiger partial charge in [0.2, 0.25) is 0 Å². The second kappa shape index (κ2) is 26.5. The lowest BCUT2D eigenvalue weighted by molar-refractivity contribution is -0.929. The van der Waals surface area contributed by atoms with E-state index >= 15 is 0 Å². The summed E-state index contributed by atoms with van der Waals surface area (Å²) in [6, 6.07) is 0. The van der Waals surface area contributed by atoms with Crippen LogP contribution in [0.1, 0.15) is 156 Å². The average Bonchev–Trinajstić information content (AvgIpc) is 2.97. The fourth-order valence-corrected chi connectivity index (χ4v) is 5.67. The number of hydrogen-bond acceptors (Lipinski definition) is 4. The average molecular weight is 610 g/mol. The molecule has 0 spiro atoms. The number of nitrogens with zero attached hydrogens (tertiary/aromatic N) is 1. The van der Waals surface area contributed by atoms with Crippen molar-refractivity contribution in [3.63, 3.8) is 0 Å². The molecule has 0 bridgehead atoms. The van der Waals surface area contributed by atoms with E-state index in [2.05, 4.69) is 19.1 Å². The Bertz CT molecular complexity index is 692. The third kappa shape index (κ3) is 23.2. The molecule has 252 valence electrons. The lowest BCUT2D eigenvalue weighted by Crippen LogP contribution is -2.52. The molecule has 0 aliphatic carbocycles. The summed E-state index contributed by atoms with van der Waals surface area (Å²) < 4.78 is 0.586. The first-order chi connectivity index (χ1) is 20.5. The number of quaternary nitrogens is 1. The SMILES string of the molecule is CCC/C=C/CCCCCCCCCCCCCCCC[N+](CCC(C)C(=O)[O-])(CCC(C)C(=O)O)CCC(C)C(=O)O. The zero-order valence-corrected chi connectivity index (χ0v) is 28.3. The van der Waals surface area contributed by atoms with Gasteiger partial charge in [-0.15, -0.1) is 0 Å². The van der Waals surface area contributed by atoms with E-state index in [0.29, 0.717) is 43.4 Å². The van der Waals surface area contributed by atoms with Gasteiger partial charge in [-0.3, -0.25) is 9.59 Å². The minimum absolute atomic E-state index is 0.446.